The normalized spacial score (nSPS) is 20.6. The molecule has 1 aliphatic rings. The Balaban J connectivity index is 2.02. The molecular weight excluding hydrogens is 342 g/mol. The summed E-state index contributed by atoms with van der Waals surface area (Å²) in [7, 11) is -3.92. The number of carbonyl (C=O) groups is 2. The first-order chi connectivity index (χ1) is 11.9. The number of unbranched alkanes of at least 4 members (excludes halogenated alkanes) is 2. The van der Waals surface area contributed by atoms with Crippen LogP contribution in [0.5, 0.6) is 0 Å². The lowest BCUT2D eigenvalue weighted by atomic mass is 10.2. The first-order valence-corrected chi connectivity index (χ1v) is 10.0. The van der Waals surface area contributed by atoms with Gasteiger partial charge < -0.3 is 9.69 Å². The molecule has 1 aliphatic heterocycles. The third kappa shape index (κ3) is 5.12. The number of carbonyl (C=O) groups excluding carboxylic acids is 2. The van der Waals surface area contributed by atoms with E-state index in [1.165, 1.54) is 17.0 Å². The molecule has 6 nitrogen and oxygen atoms in total. The molecule has 0 aromatic heterocycles. The molecule has 1 heterocycles. The van der Waals surface area contributed by atoms with Crippen LogP contribution in [0.4, 0.5) is 0 Å². The van der Waals surface area contributed by atoms with Gasteiger partial charge in [0.2, 0.25) is 5.91 Å². The van der Waals surface area contributed by atoms with Crippen LogP contribution in [-0.4, -0.2) is 44.2 Å². The predicted octanol–water partition coefficient (Wildman–Crippen LogP) is 2.45. The van der Waals surface area contributed by atoms with Gasteiger partial charge in [0.1, 0.15) is 6.29 Å². The van der Waals surface area contributed by atoms with E-state index in [1.54, 1.807) is 12.1 Å². The van der Waals surface area contributed by atoms with E-state index in [-0.39, 0.29) is 23.8 Å². The zero-order valence-corrected chi connectivity index (χ0v) is 15.5. The fourth-order valence-electron chi connectivity index (χ4n) is 2.92. The molecule has 138 valence electrons. The Morgan fingerprint density at radius 3 is 2.56 bits per heavy atom. The Morgan fingerprint density at radius 2 is 1.96 bits per heavy atom. The smallest absolute Gasteiger partial charge is 0.297 e. The highest BCUT2D eigenvalue weighted by molar-refractivity contribution is 7.86. The second-order valence-corrected chi connectivity index (χ2v) is 8.00. The summed E-state index contributed by atoms with van der Waals surface area (Å²) in [6.07, 6.45) is 3.29. The minimum Gasteiger partial charge on any atom is -0.330 e. The Bertz CT molecular complexity index is 699. The van der Waals surface area contributed by atoms with Gasteiger partial charge in [-0.15, -0.1) is 0 Å². The molecule has 1 aromatic carbocycles. The Morgan fingerprint density at radius 1 is 1.28 bits per heavy atom. The summed E-state index contributed by atoms with van der Waals surface area (Å²) in [6.45, 7) is 4.04. The summed E-state index contributed by atoms with van der Waals surface area (Å²) in [4.78, 5) is 25.1. The molecule has 1 saturated heterocycles. The second kappa shape index (κ2) is 8.58. The zero-order valence-electron chi connectivity index (χ0n) is 14.7. The van der Waals surface area contributed by atoms with E-state index < -0.39 is 22.3 Å². The van der Waals surface area contributed by atoms with E-state index in [0.29, 0.717) is 12.7 Å². The van der Waals surface area contributed by atoms with Gasteiger partial charge in [0.25, 0.3) is 10.1 Å². The minimum atomic E-state index is -3.92. The molecule has 1 fully saturated rings. The second-order valence-electron chi connectivity index (χ2n) is 6.43. The molecule has 1 amide bonds. The van der Waals surface area contributed by atoms with Gasteiger partial charge in [-0.05, 0) is 25.5 Å². The van der Waals surface area contributed by atoms with Crippen molar-refractivity contribution >= 4 is 22.3 Å². The van der Waals surface area contributed by atoms with E-state index >= 15 is 0 Å². The van der Waals surface area contributed by atoms with E-state index in [9.17, 15) is 18.0 Å². The van der Waals surface area contributed by atoms with E-state index in [0.717, 1.165) is 24.8 Å². The molecule has 0 saturated carbocycles. The predicted molar refractivity (Wildman–Crippen MR) is 93.6 cm³/mol. The van der Waals surface area contributed by atoms with Crippen molar-refractivity contribution in [3.8, 4) is 0 Å². The number of likely N-dealkylation sites (tertiary alicyclic amines) is 1. The first-order valence-electron chi connectivity index (χ1n) is 8.62. The molecule has 7 heteroatoms. The average molecular weight is 367 g/mol. The topological polar surface area (TPSA) is 80.8 Å². The van der Waals surface area contributed by atoms with Crippen molar-refractivity contribution in [1.82, 2.24) is 4.90 Å². The molecule has 1 aromatic rings. The molecule has 2 rings (SSSR count). The van der Waals surface area contributed by atoms with Crippen molar-refractivity contribution in [1.29, 1.82) is 0 Å². The van der Waals surface area contributed by atoms with Gasteiger partial charge in [-0.1, -0.05) is 37.5 Å². The van der Waals surface area contributed by atoms with Crippen molar-refractivity contribution in [3.05, 3.63) is 29.8 Å². The van der Waals surface area contributed by atoms with Gasteiger partial charge in [0.05, 0.1) is 17.0 Å². The lowest BCUT2D eigenvalue weighted by Crippen LogP contribution is -2.36. The number of benzene rings is 1. The molecule has 0 spiro atoms. The van der Waals surface area contributed by atoms with Gasteiger partial charge in [0.15, 0.2) is 0 Å². The molecule has 0 N–H and O–H groups in total. The number of rotatable bonds is 8. The standard InChI is InChI=1S/C18H25NO5S/c1-3-4-5-6-18(21)19-12-16(11-15(19)13-20)24-25(22,23)17-9-7-14(2)8-10-17/h7-10,13,15-16H,3-6,11-12H2,1-2H3/t15-,16+/m0/s1. The fraction of sp³-hybridized carbons (Fsp3) is 0.556. The average Bonchev–Trinajstić information content (AvgIpc) is 2.97. The SMILES string of the molecule is CCCCCC(=O)N1C[C@H](OS(=O)(=O)c2ccc(C)cc2)C[C@H]1C=O. The van der Waals surface area contributed by atoms with Crippen LogP contribution in [0.15, 0.2) is 29.2 Å². The Labute approximate surface area is 149 Å². The molecule has 0 aliphatic carbocycles. The maximum Gasteiger partial charge on any atom is 0.297 e. The van der Waals surface area contributed by atoms with Crippen LogP contribution in [0.2, 0.25) is 0 Å². The summed E-state index contributed by atoms with van der Waals surface area (Å²) >= 11 is 0. The summed E-state index contributed by atoms with van der Waals surface area (Å²) in [5, 5.41) is 0. The Kier molecular flexibility index (Phi) is 6.72. The number of aldehydes is 1. The highest BCUT2D eigenvalue weighted by Crippen LogP contribution is 2.25. The van der Waals surface area contributed by atoms with Crippen molar-refractivity contribution in [2.45, 2.75) is 63.0 Å². The molecule has 0 bridgehead atoms. The van der Waals surface area contributed by atoms with Gasteiger partial charge >= 0.3 is 0 Å². The maximum absolute atomic E-state index is 12.4. The lowest BCUT2D eigenvalue weighted by Gasteiger charge is -2.20. The van der Waals surface area contributed by atoms with Crippen LogP contribution >= 0.6 is 0 Å². The van der Waals surface area contributed by atoms with Crippen LogP contribution in [0.3, 0.4) is 0 Å². The number of amides is 1. The quantitative estimate of drug-likeness (QED) is 0.400. The zero-order chi connectivity index (χ0) is 18.4. The van der Waals surface area contributed by atoms with Crippen LogP contribution < -0.4 is 0 Å². The molecule has 25 heavy (non-hydrogen) atoms. The first kappa shape index (κ1) is 19.6. The number of nitrogens with zero attached hydrogens (tertiary/aromatic N) is 1. The number of hydrogen-bond acceptors (Lipinski definition) is 5. The van der Waals surface area contributed by atoms with Gasteiger partial charge in [0, 0.05) is 19.4 Å². The van der Waals surface area contributed by atoms with Crippen LogP contribution in [-0.2, 0) is 23.9 Å². The summed E-state index contributed by atoms with van der Waals surface area (Å²) < 4.78 is 30.0. The molecule has 0 unspecified atom stereocenters. The summed E-state index contributed by atoms with van der Waals surface area (Å²) in [6, 6.07) is 5.76. The Hall–Kier alpha value is -1.73. The molecule has 2 atom stereocenters. The van der Waals surface area contributed by atoms with Crippen molar-refractivity contribution < 1.29 is 22.2 Å². The third-order valence-electron chi connectivity index (χ3n) is 4.35. The highest BCUT2D eigenvalue weighted by Gasteiger charge is 2.37. The highest BCUT2D eigenvalue weighted by atomic mass is 32.2. The van der Waals surface area contributed by atoms with Crippen molar-refractivity contribution in [3.63, 3.8) is 0 Å². The van der Waals surface area contributed by atoms with E-state index in [1.807, 2.05) is 13.8 Å². The summed E-state index contributed by atoms with van der Waals surface area (Å²) in [5.41, 5.74) is 0.949. The van der Waals surface area contributed by atoms with Gasteiger partial charge in [-0.2, -0.15) is 8.42 Å². The van der Waals surface area contributed by atoms with E-state index in [4.69, 9.17) is 4.18 Å². The van der Waals surface area contributed by atoms with Crippen LogP contribution in [0, 0.1) is 6.92 Å². The summed E-state index contributed by atoms with van der Waals surface area (Å²) in [5.74, 6) is -0.121. The maximum atomic E-state index is 12.4. The lowest BCUT2D eigenvalue weighted by molar-refractivity contribution is -0.134. The number of aryl methyl sites for hydroxylation is 1. The van der Waals surface area contributed by atoms with Gasteiger partial charge in [-0.25, -0.2) is 0 Å². The fourth-order valence-corrected chi connectivity index (χ4v) is 4.00. The van der Waals surface area contributed by atoms with Crippen molar-refractivity contribution in [2.75, 3.05) is 6.54 Å². The third-order valence-corrected chi connectivity index (χ3v) is 5.72. The monoisotopic (exact) mass is 367 g/mol. The van der Waals surface area contributed by atoms with Gasteiger partial charge in [-0.3, -0.25) is 8.98 Å². The molecule has 0 radical (unpaired) electrons. The number of hydrogen-bond donors (Lipinski definition) is 0. The van der Waals surface area contributed by atoms with Crippen LogP contribution in [0.1, 0.15) is 44.6 Å². The largest absolute Gasteiger partial charge is 0.330 e. The van der Waals surface area contributed by atoms with Crippen LogP contribution in [0.25, 0.3) is 0 Å². The van der Waals surface area contributed by atoms with Crippen molar-refractivity contribution in [2.24, 2.45) is 0 Å². The molecular formula is C18H25NO5S. The minimum absolute atomic E-state index is 0.0773. The van der Waals surface area contributed by atoms with E-state index in [2.05, 4.69) is 0 Å².